The summed E-state index contributed by atoms with van der Waals surface area (Å²) in [7, 11) is 1.94. The number of H-pyrrole nitrogens is 1. The van der Waals surface area contributed by atoms with Crippen molar-refractivity contribution < 1.29 is 0 Å². The van der Waals surface area contributed by atoms with Crippen LogP contribution in [-0.4, -0.2) is 29.6 Å². The monoisotopic (exact) mass is 270 g/mol. The van der Waals surface area contributed by atoms with Crippen molar-refractivity contribution in [1.82, 2.24) is 9.97 Å². The standard InChI is InChI=1S/C12H19ClN4O/c1-17(9-5-3-2-4-8(9)6-14)11-10(13)12(18)16-7-15-11/h7-9H,2-6,14H2,1H3,(H,15,16,18). The van der Waals surface area contributed by atoms with Gasteiger partial charge in [-0.2, -0.15) is 0 Å². The molecule has 0 amide bonds. The first kappa shape index (κ1) is 13.4. The zero-order chi connectivity index (χ0) is 13.1. The molecule has 1 fully saturated rings. The fourth-order valence-corrected chi connectivity index (χ4v) is 2.99. The Labute approximate surface area is 111 Å². The Morgan fingerprint density at radius 1 is 1.56 bits per heavy atom. The Morgan fingerprint density at radius 2 is 2.28 bits per heavy atom. The molecule has 2 atom stereocenters. The summed E-state index contributed by atoms with van der Waals surface area (Å²) < 4.78 is 0. The number of nitrogens with two attached hydrogens (primary N) is 1. The molecule has 2 unspecified atom stereocenters. The van der Waals surface area contributed by atoms with Gasteiger partial charge in [-0.25, -0.2) is 4.98 Å². The van der Waals surface area contributed by atoms with Gasteiger partial charge in [-0.15, -0.1) is 0 Å². The lowest BCUT2D eigenvalue weighted by molar-refractivity contribution is 0.305. The molecule has 0 saturated heterocycles. The van der Waals surface area contributed by atoms with Gasteiger partial charge in [0.05, 0.1) is 6.33 Å². The van der Waals surface area contributed by atoms with Gasteiger partial charge in [0.1, 0.15) is 5.02 Å². The van der Waals surface area contributed by atoms with E-state index in [0.29, 0.717) is 24.3 Å². The number of hydrogen-bond acceptors (Lipinski definition) is 4. The summed E-state index contributed by atoms with van der Waals surface area (Å²) >= 11 is 6.02. The van der Waals surface area contributed by atoms with E-state index in [1.807, 2.05) is 11.9 Å². The number of nitrogens with one attached hydrogen (secondary N) is 1. The molecule has 0 aliphatic heterocycles. The third-order valence-electron chi connectivity index (χ3n) is 3.78. The summed E-state index contributed by atoms with van der Waals surface area (Å²) in [6, 6.07) is 0.315. The first-order chi connectivity index (χ1) is 8.65. The SMILES string of the molecule is CN(c1nc[nH]c(=O)c1Cl)C1CCCCC1CN. The summed E-state index contributed by atoms with van der Waals surface area (Å²) in [4.78, 5) is 20.2. The fraction of sp³-hybridized carbons (Fsp3) is 0.667. The molecule has 1 heterocycles. The van der Waals surface area contributed by atoms with Crippen LogP contribution in [0.2, 0.25) is 5.02 Å². The number of halogens is 1. The highest BCUT2D eigenvalue weighted by molar-refractivity contribution is 6.32. The summed E-state index contributed by atoms with van der Waals surface area (Å²) in [5.74, 6) is 0.992. The maximum atomic E-state index is 11.5. The Morgan fingerprint density at radius 3 is 3.00 bits per heavy atom. The third-order valence-corrected chi connectivity index (χ3v) is 4.12. The molecule has 0 spiro atoms. The van der Waals surface area contributed by atoms with E-state index in [-0.39, 0.29) is 10.6 Å². The van der Waals surface area contributed by atoms with Crippen LogP contribution in [0.15, 0.2) is 11.1 Å². The molecule has 6 heteroatoms. The Kier molecular flexibility index (Phi) is 4.24. The minimum atomic E-state index is -0.298. The lowest BCUT2D eigenvalue weighted by Crippen LogP contribution is -2.44. The van der Waals surface area contributed by atoms with Crippen molar-refractivity contribution in [2.45, 2.75) is 31.7 Å². The number of aromatic amines is 1. The van der Waals surface area contributed by atoms with Gasteiger partial charge in [-0.05, 0) is 25.3 Å². The molecule has 3 N–H and O–H groups in total. The van der Waals surface area contributed by atoms with Crippen molar-refractivity contribution in [3.8, 4) is 0 Å². The van der Waals surface area contributed by atoms with Gasteiger partial charge in [-0.1, -0.05) is 24.4 Å². The van der Waals surface area contributed by atoms with Gasteiger partial charge in [0, 0.05) is 13.1 Å². The summed E-state index contributed by atoms with van der Waals surface area (Å²) in [6.45, 7) is 0.663. The van der Waals surface area contributed by atoms with Crippen LogP contribution in [0.3, 0.4) is 0 Å². The topological polar surface area (TPSA) is 75.0 Å². The van der Waals surface area contributed by atoms with E-state index in [1.165, 1.54) is 19.2 Å². The van der Waals surface area contributed by atoms with E-state index in [9.17, 15) is 4.79 Å². The molecule has 18 heavy (non-hydrogen) atoms. The average molecular weight is 271 g/mol. The molecular weight excluding hydrogens is 252 g/mol. The lowest BCUT2D eigenvalue weighted by atomic mass is 9.84. The van der Waals surface area contributed by atoms with Crippen LogP contribution >= 0.6 is 11.6 Å². The zero-order valence-corrected chi connectivity index (χ0v) is 11.3. The first-order valence-electron chi connectivity index (χ1n) is 6.31. The van der Waals surface area contributed by atoms with Gasteiger partial charge >= 0.3 is 0 Å². The number of anilines is 1. The number of aromatic nitrogens is 2. The molecule has 2 rings (SSSR count). The van der Waals surface area contributed by atoms with Gasteiger partial charge in [-0.3, -0.25) is 4.79 Å². The van der Waals surface area contributed by atoms with E-state index in [1.54, 1.807) is 0 Å². The molecule has 1 aliphatic rings. The van der Waals surface area contributed by atoms with Crippen molar-refractivity contribution in [3.63, 3.8) is 0 Å². The van der Waals surface area contributed by atoms with Gasteiger partial charge in [0.25, 0.3) is 5.56 Å². The molecule has 100 valence electrons. The second kappa shape index (κ2) is 5.71. The lowest BCUT2D eigenvalue weighted by Gasteiger charge is -2.38. The van der Waals surface area contributed by atoms with Crippen LogP contribution in [0, 0.1) is 5.92 Å². The van der Waals surface area contributed by atoms with Crippen molar-refractivity contribution in [2.24, 2.45) is 11.7 Å². The molecule has 5 nitrogen and oxygen atoms in total. The quantitative estimate of drug-likeness (QED) is 0.870. The molecule has 0 radical (unpaired) electrons. The van der Waals surface area contributed by atoms with Crippen molar-refractivity contribution >= 4 is 17.4 Å². The highest BCUT2D eigenvalue weighted by Crippen LogP contribution is 2.30. The van der Waals surface area contributed by atoms with Crippen molar-refractivity contribution in [1.29, 1.82) is 0 Å². The minimum Gasteiger partial charge on any atom is -0.355 e. The first-order valence-corrected chi connectivity index (χ1v) is 6.69. The van der Waals surface area contributed by atoms with E-state index < -0.39 is 0 Å². The van der Waals surface area contributed by atoms with Crippen molar-refractivity contribution in [2.75, 3.05) is 18.5 Å². The average Bonchev–Trinajstić information content (AvgIpc) is 2.41. The predicted octanol–water partition coefficient (Wildman–Crippen LogP) is 1.38. The Hall–Kier alpha value is -1.07. The van der Waals surface area contributed by atoms with E-state index in [0.717, 1.165) is 12.8 Å². The van der Waals surface area contributed by atoms with Crippen LogP contribution in [-0.2, 0) is 0 Å². The van der Waals surface area contributed by atoms with Crippen LogP contribution in [0.1, 0.15) is 25.7 Å². The minimum absolute atomic E-state index is 0.154. The maximum absolute atomic E-state index is 11.5. The zero-order valence-electron chi connectivity index (χ0n) is 10.5. The summed E-state index contributed by atoms with van der Waals surface area (Å²) in [6.07, 6.45) is 6.00. The largest absolute Gasteiger partial charge is 0.355 e. The normalized spacial score (nSPS) is 23.9. The molecule has 0 aromatic carbocycles. The fourth-order valence-electron chi connectivity index (χ4n) is 2.75. The van der Waals surface area contributed by atoms with Crippen LogP contribution in [0.4, 0.5) is 5.82 Å². The molecule has 1 aliphatic carbocycles. The van der Waals surface area contributed by atoms with Crippen LogP contribution < -0.4 is 16.2 Å². The number of nitrogens with zero attached hydrogens (tertiary/aromatic N) is 2. The van der Waals surface area contributed by atoms with Gasteiger partial charge in [0.2, 0.25) is 0 Å². The van der Waals surface area contributed by atoms with Gasteiger partial charge in [0.15, 0.2) is 5.82 Å². The van der Waals surface area contributed by atoms with Crippen LogP contribution in [0.25, 0.3) is 0 Å². The number of hydrogen-bond donors (Lipinski definition) is 2. The Bertz CT molecular complexity index is 462. The third kappa shape index (κ3) is 2.52. The van der Waals surface area contributed by atoms with Gasteiger partial charge < -0.3 is 15.6 Å². The summed E-state index contributed by atoms with van der Waals surface area (Å²) in [5, 5.41) is 0.154. The second-order valence-electron chi connectivity index (χ2n) is 4.83. The van der Waals surface area contributed by atoms with E-state index in [4.69, 9.17) is 17.3 Å². The molecule has 1 aromatic rings. The smallest absolute Gasteiger partial charge is 0.271 e. The Balaban J connectivity index is 2.26. The van der Waals surface area contributed by atoms with Crippen molar-refractivity contribution in [3.05, 3.63) is 21.7 Å². The predicted molar refractivity (Wildman–Crippen MR) is 73.1 cm³/mol. The maximum Gasteiger partial charge on any atom is 0.271 e. The van der Waals surface area contributed by atoms with E-state index >= 15 is 0 Å². The molecular formula is C12H19ClN4O. The van der Waals surface area contributed by atoms with E-state index in [2.05, 4.69) is 9.97 Å². The highest BCUT2D eigenvalue weighted by atomic mass is 35.5. The molecule has 1 saturated carbocycles. The van der Waals surface area contributed by atoms with Crippen LogP contribution in [0.5, 0.6) is 0 Å². The molecule has 1 aromatic heterocycles. The summed E-state index contributed by atoms with van der Waals surface area (Å²) in [5.41, 5.74) is 5.53. The number of rotatable bonds is 3. The molecule has 0 bridgehead atoms. The second-order valence-corrected chi connectivity index (χ2v) is 5.21. The highest BCUT2D eigenvalue weighted by Gasteiger charge is 2.29.